The molecule has 10 heteroatoms. The number of likely N-dealkylation sites (N-methyl/N-ethyl adjacent to an activating group) is 1. The smallest absolute Gasteiger partial charge is 0.269 e. The third kappa shape index (κ3) is 6.59. The molecule has 3 N–H and O–H groups in total. The normalized spacial score (nSPS) is 19.8. The van der Waals surface area contributed by atoms with Crippen LogP contribution in [0.25, 0.3) is 10.8 Å². The molecule has 2 heterocycles. The molecule has 0 radical (unpaired) electrons. The highest BCUT2D eigenvalue weighted by molar-refractivity contribution is 8.00. The predicted molar refractivity (Wildman–Crippen MR) is 152 cm³/mol. The maximum absolute atomic E-state index is 13.0. The van der Waals surface area contributed by atoms with Crippen LogP contribution >= 0.6 is 35.1 Å². The fraction of sp³-hybridized carbons (Fsp3) is 0.370. The third-order valence-electron chi connectivity index (χ3n) is 6.48. The van der Waals surface area contributed by atoms with E-state index in [0.717, 1.165) is 45.2 Å². The van der Waals surface area contributed by atoms with Crippen LogP contribution in [0.2, 0.25) is 0 Å². The summed E-state index contributed by atoms with van der Waals surface area (Å²) in [5.74, 6) is 0.202. The van der Waals surface area contributed by atoms with Gasteiger partial charge in [-0.1, -0.05) is 36.4 Å². The first-order valence-electron chi connectivity index (χ1n) is 12.2. The van der Waals surface area contributed by atoms with Gasteiger partial charge in [-0.25, -0.2) is 0 Å². The largest absolute Gasteiger partial charge is 0.341 e. The second-order valence-electron chi connectivity index (χ2n) is 9.79. The average Bonchev–Trinajstić information content (AvgIpc) is 2.88. The van der Waals surface area contributed by atoms with Crippen LogP contribution in [-0.2, 0) is 14.4 Å². The zero-order chi connectivity index (χ0) is 26.6. The average molecular weight is 560 g/mol. The zero-order valence-corrected chi connectivity index (χ0v) is 23.4. The lowest BCUT2D eigenvalue weighted by Crippen LogP contribution is -2.70. The molecule has 196 valence electrons. The van der Waals surface area contributed by atoms with E-state index in [1.54, 1.807) is 0 Å². The number of carbonyl (C=O) groups excluding carboxylic acids is 3. The van der Waals surface area contributed by atoms with Crippen LogP contribution in [-0.4, -0.2) is 83.1 Å². The second-order valence-corrected chi connectivity index (χ2v) is 12.3. The van der Waals surface area contributed by atoms with Crippen LogP contribution in [0.3, 0.4) is 0 Å². The summed E-state index contributed by atoms with van der Waals surface area (Å²) in [6, 6.07) is 13.5. The molecule has 2 aromatic rings. The zero-order valence-electron chi connectivity index (χ0n) is 21.0. The third-order valence-corrected chi connectivity index (χ3v) is 8.95. The molecule has 2 aromatic carbocycles. The molecular weight excluding hydrogens is 528 g/mol. The molecule has 2 aliphatic rings. The maximum atomic E-state index is 13.0. The van der Waals surface area contributed by atoms with Crippen molar-refractivity contribution < 1.29 is 18.9 Å². The quantitative estimate of drug-likeness (QED) is 0.190. The number of quaternary nitrogens is 1. The number of nitrogens with zero attached hydrogens (tertiary/aromatic N) is 2. The summed E-state index contributed by atoms with van der Waals surface area (Å²) in [5, 5.41) is 4.11. The van der Waals surface area contributed by atoms with Gasteiger partial charge in [0.15, 0.2) is 0 Å². The Bertz CT molecular complexity index is 1260. The molecule has 7 nitrogen and oxygen atoms in total. The van der Waals surface area contributed by atoms with Gasteiger partial charge in [-0.2, -0.15) is 0 Å². The highest BCUT2D eigenvalue weighted by Crippen LogP contribution is 2.41. The number of halogens is 1. The van der Waals surface area contributed by atoms with Crippen LogP contribution < -0.4 is 11.1 Å². The van der Waals surface area contributed by atoms with Gasteiger partial charge in [-0.05, 0) is 52.7 Å². The Labute approximate surface area is 231 Å². The minimum Gasteiger partial charge on any atom is -0.341 e. The fourth-order valence-electron chi connectivity index (χ4n) is 4.46. The van der Waals surface area contributed by atoms with Crippen molar-refractivity contribution >= 4 is 63.0 Å². The minimum absolute atomic E-state index is 0.197. The first-order valence-corrected chi connectivity index (χ1v) is 14.6. The van der Waals surface area contributed by atoms with Crippen molar-refractivity contribution in [1.29, 1.82) is 0 Å². The van der Waals surface area contributed by atoms with E-state index in [0.29, 0.717) is 12.3 Å². The second kappa shape index (κ2) is 12.0. The predicted octanol–water partition coefficient (Wildman–Crippen LogP) is 3.33. The number of rotatable bonds is 11. The van der Waals surface area contributed by atoms with Gasteiger partial charge in [0.1, 0.15) is 17.1 Å². The summed E-state index contributed by atoms with van der Waals surface area (Å²) in [7, 11) is 4.25. The van der Waals surface area contributed by atoms with Gasteiger partial charge in [0.25, 0.3) is 11.1 Å². The number of benzene rings is 2. The number of allylic oxidation sites excluding steroid dienone is 2. The lowest BCUT2D eigenvalue weighted by Gasteiger charge is -2.49. The molecule has 4 rings (SSSR count). The number of nitrogens with two attached hydrogens (primary N) is 1. The van der Waals surface area contributed by atoms with Crippen molar-refractivity contribution in [2.24, 2.45) is 5.73 Å². The van der Waals surface area contributed by atoms with Crippen LogP contribution in [0.4, 0.5) is 0 Å². The van der Waals surface area contributed by atoms with E-state index < -0.39 is 11.3 Å². The molecule has 2 aliphatic heterocycles. The highest BCUT2D eigenvalue weighted by atomic mass is 35.5. The van der Waals surface area contributed by atoms with E-state index in [1.807, 2.05) is 48.6 Å². The van der Waals surface area contributed by atoms with Crippen LogP contribution in [0.15, 0.2) is 70.8 Å². The monoisotopic (exact) mass is 559 g/mol. The number of nitrogens with one attached hydrogen (secondary N) is 1. The van der Waals surface area contributed by atoms with E-state index in [9.17, 15) is 14.4 Å². The van der Waals surface area contributed by atoms with Crippen molar-refractivity contribution in [2.45, 2.75) is 22.7 Å². The van der Waals surface area contributed by atoms with Crippen LogP contribution in [0.5, 0.6) is 0 Å². The van der Waals surface area contributed by atoms with E-state index >= 15 is 0 Å². The molecule has 0 saturated carbocycles. The molecule has 1 fully saturated rings. The summed E-state index contributed by atoms with van der Waals surface area (Å²) < 4.78 is 0.773. The van der Waals surface area contributed by atoms with Crippen molar-refractivity contribution in [1.82, 2.24) is 10.2 Å². The number of amides is 2. The van der Waals surface area contributed by atoms with Crippen molar-refractivity contribution in [3.8, 4) is 0 Å². The topological polar surface area (TPSA) is 92.5 Å². The molecule has 0 aromatic heterocycles. The van der Waals surface area contributed by atoms with Crippen molar-refractivity contribution in [2.75, 3.05) is 45.2 Å². The van der Waals surface area contributed by atoms with Gasteiger partial charge in [0, 0.05) is 17.1 Å². The molecular formula is C27H32ClN4O3S2+. The molecule has 2 amide bonds. The Morgan fingerprint density at radius 1 is 1.24 bits per heavy atom. The molecule has 1 saturated heterocycles. The molecule has 2 unspecified atom stereocenters. The number of hydrogen-bond donors (Lipinski definition) is 2. The Balaban J connectivity index is 1.36. The molecule has 0 bridgehead atoms. The van der Waals surface area contributed by atoms with Gasteiger partial charge in [0.05, 0.1) is 32.9 Å². The van der Waals surface area contributed by atoms with Gasteiger partial charge in [0.2, 0.25) is 5.91 Å². The number of thioether (sulfide) groups is 2. The first-order chi connectivity index (χ1) is 17.7. The summed E-state index contributed by atoms with van der Waals surface area (Å²) >= 11 is 8.87. The van der Waals surface area contributed by atoms with Crippen LogP contribution in [0.1, 0.15) is 6.42 Å². The number of carbonyl (C=O) groups is 3. The summed E-state index contributed by atoms with van der Waals surface area (Å²) in [6.07, 6.45) is 4.84. The number of β-lactam (4-membered cyclic amide) rings is 1. The molecule has 0 aliphatic carbocycles. The fourth-order valence-corrected chi connectivity index (χ4v) is 6.75. The SMILES string of the molecule is C[N+](C)(CC=CC1=C(C(=O)Cl)N2C(=O)C(NC(=O)CSc3ccc4ccccc4c3)C2SC1)CCCN. The maximum Gasteiger partial charge on any atom is 0.269 e. The van der Waals surface area contributed by atoms with E-state index in [-0.39, 0.29) is 28.6 Å². The number of fused-ring (bicyclic) bond motifs is 2. The van der Waals surface area contributed by atoms with E-state index in [1.165, 1.54) is 28.4 Å². The minimum atomic E-state index is -0.668. The van der Waals surface area contributed by atoms with Crippen molar-refractivity contribution in [3.63, 3.8) is 0 Å². The highest BCUT2D eigenvalue weighted by Gasteiger charge is 2.53. The lowest BCUT2D eigenvalue weighted by atomic mass is 10.0. The Kier molecular flexibility index (Phi) is 9.03. The van der Waals surface area contributed by atoms with E-state index in [4.69, 9.17) is 17.3 Å². The molecule has 0 spiro atoms. The molecule has 37 heavy (non-hydrogen) atoms. The Hall–Kier alpha value is -2.30. The summed E-state index contributed by atoms with van der Waals surface area (Å²) in [5.41, 5.74) is 6.57. The van der Waals surface area contributed by atoms with Crippen molar-refractivity contribution in [3.05, 3.63) is 65.9 Å². The standard InChI is InChI=1S/C27H31ClN4O3S2/c1-32(2,14-6-12-29)13-5-9-20-16-37-27-23(26(35)31(27)24(20)25(28)34)30-22(33)17-36-21-11-10-18-7-3-4-8-19(18)15-21/h3-5,7-11,15,23,27H,6,12-14,16-17,29H2,1-2H3/p+1. The van der Waals surface area contributed by atoms with Gasteiger partial charge < -0.3 is 15.5 Å². The van der Waals surface area contributed by atoms with Gasteiger partial charge in [-0.15, -0.1) is 23.5 Å². The van der Waals surface area contributed by atoms with Gasteiger partial charge in [-0.3, -0.25) is 19.3 Å². The summed E-state index contributed by atoms with van der Waals surface area (Å²) in [4.78, 5) is 40.3. The summed E-state index contributed by atoms with van der Waals surface area (Å²) in [6.45, 7) is 2.36. The Morgan fingerprint density at radius 2 is 2.00 bits per heavy atom. The lowest BCUT2D eigenvalue weighted by molar-refractivity contribution is -0.884. The first kappa shape index (κ1) is 27.7. The number of hydrogen-bond acceptors (Lipinski definition) is 6. The van der Waals surface area contributed by atoms with Crippen LogP contribution in [0, 0.1) is 0 Å². The van der Waals surface area contributed by atoms with Gasteiger partial charge >= 0.3 is 0 Å². The van der Waals surface area contributed by atoms with E-state index in [2.05, 4.69) is 25.5 Å². The Morgan fingerprint density at radius 3 is 2.73 bits per heavy atom. The molecule has 2 atom stereocenters.